The van der Waals surface area contributed by atoms with Crippen molar-refractivity contribution in [3.63, 3.8) is 0 Å². The number of aldehydes is 1. The Labute approximate surface area is 78.5 Å². The predicted molar refractivity (Wildman–Crippen MR) is 48.1 cm³/mol. The molecular weight excluding hydrogens is 168 g/mol. The Hall–Kier alpha value is -0.860. The lowest BCUT2D eigenvalue weighted by Gasteiger charge is -2.23. The molecule has 0 aromatic heterocycles. The Morgan fingerprint density at radius 3 is 2.92 bits per heavy atom. The highest BCUT2D eigenvalue weighted by molar-refractivity contribution is 5.73. The molecule has 1 saturated carbocycles. The third-order valence-electron chi connectivity index (χ3n) is 2.53. The van der Waals surface area contributed by atoms with Gasteiger partial charge >= 0.3 is 5.97 Å². The average Bonchev–Trinajstić information content (AvgIpc) is 2.18. The van der Waals surface area contributed by atoms with E-state index < -0.39 is 0 Å². The van der Waals surface area contributed by atoms with Gasteiger partial charge in [0, 0.05) is 5.92 Å². The van der Waals surface area contributed by atoms with Crippen LogP contribution in [0.1, 0.15) is 32.6 Å². The van der Waals surface area contributed by atoms with Crippen molar-refractivity contribution in [1.29, 1.82) is 0 Å². The number of hydrogen-bond donors (Lipinski definition) is 0. The van der Waals surface area contributed by atoms with E-state index in [9.17, 15) is 9.59 Å². The molecule has 0 aliphatic heterocycles. The highest BCUT2D eigenvalue weighted by Gasteiger charge is 2.27. The van der Waals surface area contributed by atoms with Crippen LogP contribution in [0.2, 0.25) is 0 Å². The van der Waals surface area contributed by atoms with Crippen LogP contribution in [0.25, 0.3) is 0 Å². The molecule has 3 nitrogen and oxygen atoms in total. The molecule has 2 atom stereocenters. The molecule has 0 N–H and O–H groups in total. The molecule has 1 aliphatic carbocycles. The first-order valence-corrected chi connectivity index (χ1v) is 4.89. The lowest BCUT2D eigenvalue weighted by Crippen LogP contribution is -2.25. The average molecular weight is 184 g/mol. The predicted octanol–water partition coefficient (Wildman–Crippen LogP) is 1.55. The number of carbonyl (C=O) groups is 2. The van der Waals surface area contributed by atoms with Gasteiger partial charge in [0.2, 0.25) is 0 Å². The molecule has 74 valence electrons. The molecule has 0 amide bonds. The maximum atomic E-state index is 11.3. The fourth-order valence-corrected chi connectivity index (χ4v) is 1.83. The second-order valence-electron chi connectivity index (χ2n) is 3.51. The lowest BCUT2D eigenvalue weighted by atomic mass is 9.82. The first-order chi connectivity index (χ1) is 6.27. The van der Waals surface area contributed by atoms with Gasteiger partial charge in [-0.15, -0.1) is 0 Å². The summed E-state index contributed by atoms with van der Waals surface area (Å²) in [4.78, 5) is 21.9. The smallest absolute Gasteiger partial charge is 0.308 e. The summed E-state index contributed by atoms with van der Waals surface area (Å²) in [7, 11) is 0. The zero-order valence-electron chi connectivity index (χ0n) is 7.99. The van der Waals surface area contributed by atoms with Gasteiger partial charge < -0.3 is 9.53 Å². The Kier molecular flexibility index (Phi) is 3.93. The van der Waals surface area contributed by atoms with Crippen molar-refractivity contribution in [2.75, 3.05) is 6.61 Å². The van der Waals surface area contributed by atoms with E-state index in [-0.39, 0.29) is 17.8 Å². The van der Waals surface area contributed by atoms with Crippen molar-refractivity contribution in [2.45, 2.75) is 32.6 Å². The van der Waals surface area contributed by atoms with Gasteiger partial charge in [0.1, 0.15) is 6.29 Å². The summed E-state index contributed by atoms with van der Waals surface area (Å²) in [5.41, 5.74) is 0. The number of ether oxygens (including phenoxy) is 1. The van der Waals surface area contributed by atoms with E-state index in [1.807, 2.05) is 0 Å². The summed E-state index contributed by atoms with van der Waals surface area (Å²) in [6.45, 7) is 2.24. The van der Waals surface area contributed by atoms with Crippen molar-refractivity contribution in [2.24, 2.45) is 11.8 Å². The maximum Gasteiger partial charge on any atom is 0.308 e. The summed E-state index contributed by atoms with van der Waals surface area (Å²) in [5.74, 6) is -0.0962. The van der Waals surface area contributed by atoms with E-state index in [1.54, 1.807) is 6.92 Å². The third kappa shape index (κ3) is 2.83. The van der Waals surface area contributed by atoms with Gasteiger partial charge in [0.05, 0.1) is 12.5 Å². The largest absolute Gasteiger partial charge is 0.466 e. The fraction of sp³-hybridized carbons (Fsp3) is 0.800. The van der Waals surface area contributed by atoms with Gasteiger partial charge in [0.15, 0.2) is 0 Å². The Morgan fingerprint density at radius 1 is 1.54 bits per heavy atom. The standard InChI is InChI=1S/C10H16O3/c1-2-13-10(12)9-5-3-4-8(6-9)7-11/h7-9H,2-6H2,1H3/t8-,9-/m1/s1. The van der Waals surface area contributed by atoms with Crippen LogP contribution < -0.4 is 0 Å². The number of rotatable bonds is 3. The monoisotopic (exact) mass is 184 g/mol. The number of hydrogen-bond acceptors (Lipinski definition) is 3. The van der Waals surface area contributed by atoms with Crippen LogP contribution in [-0.2, 0) is 14.3 Å². The summed E-state index contributed by atoms with van der Waals surface area (Å²) < 4.78 is 4.92. The van der Waals surface area contributed by atoms with E-state index in [4.69, 9.17) is 4.74 Å². The van der Waals surface area contributed by atoms with E-state index >= 15 is 0 Å². The topological polar surface area (TPSA) is 43.4 Å². The maximum absolute atomic E-state index is 11.3. The minimum atomic E-state index is -0.131. The highest BCUT2D eigenvalue weighted by atomic mass is 16.5. The Morgan fingerprint density at radius 2 is 2.31 bits per heavy atom. The molecule has 1 aliphatic rings. The molecule has 0 aromatic rings. The normalized spacial score (nSPS) is 28.1. The lowest BCUT2D eigenvalue weighted by molar-refractivity contribution is -0.149. The van der Waals surface area contributed by atoms with Crippen molar-refractivity contribution < 1.29 is 14.3 Å². The molecule has 13 heavy (non-hydrogen) atoms. The molecule has 0 radical (unpaired) electrons. The molecule has 0 bridgehead atoms. The zero-order valence-corrected chi connectivity index (χ0v) is 7.99. The third-order valence-corrected chi connectivity index (χ3v) is 2.53. The van der Waals surface area contributed by atoms with Crippen LogP contribution in [0.5, 0.6) is 0 Å². The van der Waals surface area contributed by atoms with Crippen LogP contribution in [0.15, 0.2) is 0 Å². The van der Waals surface area contributed by atoms with Gasteiger partial charge in [0.25, 0.3) is 0 Å². The van der Waals surface area contributed by atoms with Crippen molar-refractivity contribution in [3.8, 4) is 0 Å². The number of carbonyl (C=O) groups excluding carboxylic acids is 2. The molecule has 0 aromatic carbocycles. The molecule has 1 rings (SSSR count). The highest BCUT2D eigenvalue weighted by Crippen LogP contribution is 2.28. The SMILES string of the molecule is CCOC(=O)[C@@H]1CCC[C@@H](C=O)C1. The van der Waals surface area contributed by atoms with Gasteiger partial charge in [-0.3, -0.25) is 4.79 Å². The number of esters is 1. The first kappa shape index (κ1) is 10.2. The second kappa shape index (κ2) is 5.00. The van der Waals surface area contributed by atoms with E-state index in [1.165, 1.54) is 0 Å². The first-order valence-electron chi connectivity index (χ1n) is 4.89. The zero-order chi connectivity index (χ0) is 9.68. The van der Waals surface area contributed by atoms with Gasteiger partial charge in [-0.05, 0) is 26.2 Å². The van der Waals surface area contributed by atoms with Gasteiger partial charge in [-0.1, -0.05) is 6.42 Å². The molecule has 0 saturated heterocycles. The summed E-state index contributed by atoms with van der Waals surface area (Å²) >= 11 is 0. The Balaban J connectivity index is 2.41. The summed E-state index contributed by atoms with van der Waals surface area (Å²) in [5, 5.41) is 0. The molecule has 3 heteroatoms. The van der Waals surface area contributed by atoms with Crippen molar-refractivity contribution in [3.05, 3.63) is 0 Å². The molecule has 0 unspecified atom stereocenters. The summed E-state index contributed by atoms with van der Waals surface area (Å²) in [6, 6.07) is 0. The van der Waals surface area contributed by atoms with Crippen LogP contribution in [0.3, 0.4) is 0 Å². The Bertz CT molecular complexity index is 189. The minimum absolute atomic E-state index is 0.0381. The van der Waals surface area contributed by atoms with Gasteiger partial charge in [-0.25, -0.2) is 0 Å². The van der Waals surface area contributed by atoms with E-state index in [0.717, 1.165) is 25.5 Å². The van der Waals surface area contributed by atoms with Gasteiger partial charge in [-0.2, -0.15) is 0 Å². The van der Waals surface area contributed by atoms with Crippen LogP contribution in [-0.4, -0.2) is 18.9 Å². The van der Waals surface area contributed by atoms with Crippen molar-refractivity contribution >= 4 is 12.3 Å². The van der Waals surface area contributed by atoms with Crippen LogP contribution in [0.4, 0.5) is 0 Å². The molecular formula is C10H16O3. The van der Waals surface area contributed by atoms with Crippen LogP contribution >= 0.6 is 0 Å². The second-order valence-corrected chi connectivity index (χ2v) is 3.51. The van der Waals surface area contributed by atoms with E-state index in [2.05, 4.69) is 0 Å². The molecule has 1 fully saturated rings. The molecule has 0 spiro atoms. The molecule has 0 heterocycles. The van der Waals surface area contributed by atoms with E-state index in [0.29, 0.717) is 13.0 Å². The fourth-order valence-electron chi connectivity index (χ4n) is 1.83. The van der Waals surface area contributed by atoms with Crippen LogP contribution in [0, 0.1) is 11.8 Å². The quantitative estimate of drug-likeness (QED) is 0.493. The van der Waals surface area contributed by atoms with Crippen molar-refractivity contribution in [1.82, 2.24) is 0 Å². The summed E-state index contributed by atoms with van der Waals surface area (Å²) in [6.07, 6.45) is 4.42. The minimum Gasteiger partial charge on any atom is -0.466 e.